The van der Waals surface area contributed by atoms with Crippen molar-refractivity contribution in [2.75, 3.05) is 24.7 Å². The lowest BCUT2D eigenvalue weighted by Crippen LogP contribution is -2.61. The van der Waals surface area contributed by atoms with Gasteiger partial charge in [0.1, 0.15) is 0 Å². The molecule has 1 aliphatic heterocycles. The fourth-order valence-electron chi connectivity index (χ4n) is 2.98. The van der Waals surface area contributed by atoms with Gasteiger partial charge in [0.25, 0.3) is 0 Å². The topological polar surface area (TPSA) is 21.3 Å². The highest BCUT2D eigenvalue weighted by molar-refractivity contribution is 7.99. The highest BCUT2D eigenvalue weighted by Crippen LogP contribution is 2.42. The van der Waals surface area contributed by atoms with Crippen LogP contribution in [0.2, 0.25) is 0 Å². The summed E-state index contributed by atoms with van der Waals surface area (Å²) in [5, 5.41) is 3.78. The zero-order valence-corrected chi connectivity index (χ0v) is 12.3. The number of hydrogen-bond donors (Lipinski definition) is 1. The summed E-state index contributed by atoms with van der Waals surface area (Å²) in [4.78, 5) is 0. The van der Waals surface area contributed by atoms with E-state index < -0.39 is 0 Å². The first kappa shape index (κ1) is 13.7. The Hall–Kier alpha value is 0.270. The molecule has 3 heteroatoms. The molecule has 2 atom stereocenters. The van der Waals surface area contributed by atoms with Crippen LogP contribution in [0, 0.1) is 11.3 Å². The Morgan fingerprint density at radius 1 is 1.29 bits per heavy atom. The number of ether oxygens (including phenoxy) is 1. The summed E-state index contributed by atoms with van der Waals surface area (Å²) in [7, 11) is 0. The molecule has 2 rings (SSSR count). The maximum atomic E-state index is 5.77. The lowest BCUT2D eigenvalue weighted by molar-refractivity contribution is -0.114. The fraction of sp³-hybridized carbons (Fsp3) is 1.00. The van der Waals surface area contributed by atoms with Gasteiger partial charge in [0, 0.05) is 18.1 Å². The average molecular weight is 257 g/mol. The predicted molar refractivity (Wildman–Crippen MR) is 75.7 cm³/mol. The second kappa shape index (κ2) is 5.94. The average Bonchev–Trinajstić information content (AvgIpc) is 2.34. The highest BCUT2D eigenvalue weighted by Gasteiger charge is 2.48. The van der Waals surface area contributed by atoms with Crippen LogP contribution < -0.4 is 5.32 Å². The second-order valence-electron chi connectivity index (χ2n) is 6.02. The minimum absolute atomic E-state index is 0.319. The molecule has 0 aromatic carbocycles. The van der Waals surface area contributed by atoms with Crippen molar-refractivity contribution in [2.24, 2.45) is 11.3 Å². The van der Waals surface area contributed by atoms with E-state index in [1.807, 2.05) is 0 Å². The van der Waals surface area contributed by atoms with E-state index >= 15 is 0 Å². The van der Waals surface area contributed by atoms with E-state index in [4.69, 9.17) is 4.74 Å². The van der Waals surface area contributed by atoms with E-state index in [-0.39, 0.29) is 0 Å². The molecule has 1 heterocycles. The normalized spacial score (nSPS) is 33.4. The highest BCUT2D eigenvalue weighted by atomic mass is 32.2. The first-order chi connectivity index (χ1) is 8.14. The number of hydrogen-bond acceptors (Lipinski definition) is 3. The van der Waals surface area contributed by atoms with Crippen molar-refractivity contribution in [1.29, 1.82) is 0 Å². The Balaban J connectivity index is 1.70. The Kier molecular flexibility index (Phi) is 4.79. The van der Waals surface area contributed by atoms with Crippen LogP contribution in [0.1, 0.15) is 40.0 Å². The molecule has 1 aliphatic carbocycles. The summed E-state index contributed by atoms with van der Waals surface area (Å²) < 4.78 is 5.77. The molecule has 2 fully saturated rings. The Morgan fingerprint density at radius 3 is 2.59 bits per heavy atom. The summed E-state index contributed by atoms with van der Waals surface area (Å²) in [6, 6.07) is 0.661. The molecule has 1 saturated heterocycles. The molecular formula is C14H27NOS. The Morgan fingerprint density at radius 2 is 2.00 bits per heavy atom. The molecule has 17 heavy (non-hydrogen) atoms. The van der Waals surface area contributed by atoms with Crippen LogP contribution in [0.4, 0.5) is 0 Å². The van der Waals surface area contributed by atoms with E-state index in [0.29, 0.717) is 17.6 Å². The maximum Gasteiger partial charge on any atom is 0.0655 e. The summed E-state index contributed by atoms with van der Waals surface area (Å²) >= 11 is 2.11. The zero-order valence-electron chi connectivity index (χ0n) is 11.5. The quantitative estimate of drug-likeness (QED) is 0.818. The predicted octanol–water partition coefficient (Wildman–Crippen LogP) is 2.92. The SMILES string of the molecule is CCOC1CC(NCC2CCSCC2)C1(C)C. The molecule has 0 spiro atoms. The molecule has 100 valence electrons. The van der Waals surface area contributed by atoms with Gasteiger partial charge in [-0.1, -0.05) is 13.8 Å². The van der Waals surface area contributed by atoms with Gasteiger partial charge in [-0.25, -0.2) is 0 Å². The van der Waals surface area contributed by atoms with E-state index in [1.165, 1.54) is 37.3 Å². The van der Waals surface area contributed by atoms with Gasteiger partial charge in [-0.05, 0) is 50.2 Å². The molecule has 0 radical (unpaired) electrons. The molecule has 2 nitrogen and oxygen atoms in total. The number of rotatable bonds is 5. The first-order valence-corrected chi connectivity index (χ1v) is 8.22. The van der Waals surface area contributed by atoms with Crippen molar-refractivity contribution in [3.05, 3.63) is 0 Å². The molecule has 0 amide bonds. The van der Waals surface area contributed by atoms with Gasteiger partial charge in [0.15, 0.2) is 0 Å². The molecule has 0 aromatic rings. The molecule has 2 aliphatic rings. The molecule has 0 bridgehead atoms. The molecular weight excluding hydrogens is 230 g/mol. The van der Waals surface area contributed by atoms with Gasteiger partial charge in [-0.15, -0.1) is 0 Å². The minimum Gasteiger partial charge on any atom is -0.378 e. The summed E-state index contributed by atoms with van der Waals surface area (Å²) in [6.45, 7) is 8.83. The van der Waals surface area contributed by atoms with E-state index in [9.17, 15) is 0 Å². The third kappa shape index (κ3) is 3.18. The molecule has 1 saturated carbocycles. The van der Waals surface area contributed by atoms with Crippen LogP contribution >= 0.6 is 11.8 Å². The Bertz CT molecular complexity index is 238. The van der Waals surface area contributed by atoms with Crippen LogP contribution in [0.25, 0.3) is 0 Å². The van der Waals surface area contributed by atoms with Gasteiger partial charge < -0.3 is 10.1 Å². The number of thioether (sulfide) groups is 1. The lowest BCUT2D eigenvalue weighted by Gasteiger charge is -2.52. The minimum atomic E-state index is 0.319. The smallest absolute Gasteiger partial charge is 0.0655 e. The van der Waals surface area contributed by atoms with Gasteiger partial charge >= 0.3 is 0 Å². The van der Waals surface area contributed by atoms with Crippen LogP contribution in [0.15, 0.2) is 0 Å². The van der Waals surface area contributed by atoms with Crippen molar-refractivity contribution >= 4 is 11.8 Å². The standard InChI is InChI=1S/C14H27NOS/c1-4-16-13-9-12(14(13,2)3)15-10-11-5-7-17-8-6-11/h11-13,15H,4-10H2,1-3H3. The molecule has 0 aromatic heterocycles. The molecule has 1 N–H and O–H groups in total. The fourth-order valence-corrected chi connectivity index (χ4v) is 4.18. The van der Waals surface area contributed by atoms with Gasteiger partial charge in [0.05, 0.1) is 6.10 Å². The van der Waals surface area contributed by atoms with E-state index in [2.05, 4.69) is 37.8 Å². The van der Waals surface area contributed by atoms with Crippen molar-refractivity contribution in [3.8, 4) is 0 Å². The van der Waals surface area contributed by atoms with Crippen LogP contribution in [-0.2, 0) is 4.74 Å². The van der Waals surface area contributed by atoms with E-state index in [0.717, 1.165) is 12.5 Å². The maximum absolute atomic E-state index is 5.77. The van der Waals surface area contributed by atoms with Gasteiger partial charge in [0.2, 0.25) is 0 Å². The summed E-state index contributed by atoms with van der Waals surface area (Å²) in [5.74, 6) is 3.64. The van der Waals surface area contributed by atoms with E-state index in [1.54, 1.807) is 0 Å². The largest absolute Gasteiger partial charge is 0.378 e. The van der Waals surface area contributed by atoms with Gasteiger partial charge in [-0.2, -0.15) is 11.8 Å². The lowest BCUT2D eigenvalue weighted by atomic mass is 9.64. The van der Waals surface area contributed by atoms with Crippen LogP contribution in [0.3, 0.4) is 0 Å². The first-order valence-electron chi connectivity index (χ1n) is 7.07. The third-order valence-electron chi connectivity index (χ3n) is 4.54. The van der Waals surface area contributed by atoms with Crippen molar-refractivity contribution < 1.29 is 4.74 Å². The van der Waals surface area contributed by atoms with Crippen molar-refractivity contribution in [3.63, 3.8) is 0 Å². The monoisotopic (exact) mass is 257 g/mol. The van der Waals surface area contributed by atoms with Crippen LogP contribution in [-0.4, -0.2) is 36.8 Å². The summed E-state index contributed by atoms with van der Waals surface area (Å²) in [6.07, 6.45) is 4.47. The second-order valence-corrected chi connectivity index (χ2v) is 7.24. The summed E-state index contributed by atoms with van der Waals surface area (Å²) in [5.41, 5.74) is 0.319. The van der Waals surface area contributed by atoms with Crippen molar-refractivity contribution in [1.82, 2.24) is 5.32 Å². The van der Waals surface area contributed by atoms with Gasteiger partial charge in [-0.3, -0.25) is 0 Å². The third-order valence-corrected chi connectivity index (χ3v) is 5.59. The van der Waals surface area contributed by atoms with Crippen molar-refractivity contribution in [2.45, 2.75) is 52.2 Å². The zero-order chi connectivity index (χ0) is 12.3. The molecule has 2 unspecified atom stereocenters. The Labute approximate surface area is 110 Å². The van der Waals surface area contributed by atoms with Crippen LogP contribution in [0.5, 0.6) is 0 Å². The number of nitrogens with one attached hydrogen (secondary N) is 1.